The first kappa shape index (κ1) is 14.5. The molecule has 1 aliphatic heterocycles. The highest BCUT2D eigenvalue weighted by Crippen LogP contribution is 2.20. The standard InChI is InChI=1S/C17H18N6O/c24-17(19-16-14-5-1-2-6-15(14)20-21-16)23-10-8-22(9-11-23)13-4-3-7-18-12-13/h1-7,12H,8-11H2,(H2,19,20,21,24). The van der Waals surface area contributed by atoms with E-state index in [2.05, 4.69) is 25.4 Å². The van der Waals surface area contributed by atoms with Crippen LogP contribution in [0.3, 0.4) is 0 Å². The van der Waals surface area contributed by atoms with Gasteiger partial charge in [0, 0.05) is 37.8 Å². The van der Waals surface area contributed by atoms with E-state index >= 15 is 0 Å². The molecule has 2 aromatic heterocycles. The van der Waals surface area contributed by atoms with E-state index in [-0.39, 0.29) is 6.03 Å². The van der Waals surface area contributed by atoms with E-state index in [4.69, 9.17) is 0 Å². The van der Waals surface area contributed by atoms with Crippen LogP contribution in [0, 0.1) is 0 Å². The number of aromatic nitrogens is 3. The van der Waals surface area contributed by atoms with Crippen LogP contribution in [0.4, 0.5) is 16.3 Å². The Labute approximate surface area is 139 Å². The van der Waals surface area contributed by atoms with Crippen LogP contribution in [0.2, 0.25) is 0 Å². The van der Waals surface area contributed by atoms with Gasteiger partial charge in [0.25, 0.3) is 0 Å². The van der Waals surface area contributed by atoms with Crippen molar-refractivity contribution in [1.29, 1.82) is 0 Å². The molecule has 0 saturated carbocycles. The minimum absolute atomic E-state index is 0.113. The summed E-state index contributed by atoms with van der Waals surface area (Å²) in [5, 5.41) is 10.9. The van der Waals surface area contributed by atoms with Gasteiger partial charge < -0.3 is 9.80 Å². The fourth-order valence-corrected chi connectivity index (χ4v) is 2.95. The van der Waals surface area contributed by atoms with E-state index in [1.807, 2.05) is 47.5 Å². The highest BCUT2D eigenvalue weighted by molar-refractivity contribution is 5.98. The third-order valence-electron chi connectivity index (χ3n) is 4.27. The van der Waals surface area contributed by atoms with Crippen LogP contribution in [0.1, 0.15) is 0 Å². The zero-order valence-electron chi connectivity index (χ0n) is 13.1. The Bertz CT molecular complexity index is 838. The first-order valence-corrected chi connectivity index (χ1v) is 7.95. The van der Waals surface area contributed by atoms with E-state index in [0.717, 1.165) is 29.7 Å². The number of amides is 2. The molecule has 3 heterocycles. The monoisotopic (exact) mass is 322 g/mol. The summed E-state index contributed by atoms with van der Waals surface area (Å²) in [5.41, 5.74) is 2.00. The van der Waals surface area contributed by atoms with Crippen LogP contribution in [0.5, 0.6) is 0 Å². The first-order valence-electron chi connectivity index (χ1n) is 7.95. The average molecular weight is 322 g/mol. The molecule has 7 heteroatoms. The second kappa shape index (κ2) is 6.19. The number of carbonyl (C=O) groups excluding carboxylic acids is 1. The van der Waals surface area contributed by atoms with Gasteiger partial charge in [0.1, 0.15) is 0 Å². The number of para-hydroxylation sites is 1. The van der Waals surface area contributed by atoms with Crippen LogP contribution < -0.4 is 10.2 Å². The maximum absolute atomic E-state index is 12.5. The molecule has 7 nitrogen and oxygen atoms in total. The van der Waals surface area contributed by atoms with Gasteiger partial charge in [0.05, 0.1) is 17.4 Å². The maximum atomic E-state index is 12.5. The van der Waals surface area contributed by atoms with E-state index in [0.29, 0.717) is 18.9 Å². The van der Waals surface area contributed by atoms with Gasteiger partial charge in [0.15, 0.2) is 5.82 Å². The van der Waals surface area contributed by atoms with Crippen LogP contribution in [0.25, 0.3) is 10.9 Å². The third kappa shape index (κ3) is 2.76. The molecule has 1 saturated heterocycles. The Morgan fingerprint density at radius 2 is 1.92 bits per heavy atom. The number of benzene rings is 1. The van der Waals surface area contributed by atoms with Gasteiger partial charge in [-0.05, 0) is 24.3 Å². The summed E-state index contributed by atoms with van der Waals surface area (Å²) in [6.45, 7) is 2.92. The van der Waals surface area contributed by atoms with Crippen molar-refractivity contribution < 1.29 is 4.79 Å². The SMILES string of the molecule is O=C(Nc1n[nH]c2ccccc12)N1CCN(c2cccnc2)CC1. The van der Waals surface area contributed by atoms with Gasteiger partial charge in [0.2, 0.25) is 0 Å². The number of rotatable bonds is 2. The van der Waals surface area contributed by atoms with Crippen LogP contribution in [-0.2, 0) is 0 Å². The van der Waals surface area contributed by atoms with Gasteiger partial charge >= 0.3 is 6.03 Å². The molecule has 2 amide bonds. The van der Waals surface area contributed by atoms with Crippen molar-refractivity contribution >= 4 is 28.4 Å². The summed E-state index contributed by atoms with van der Waals surface area (Å²) in [5.74, 6) is 0.574. The number of pyridine rings is 1. The summed E-state index contributed by atoms with van der Waals surface area (Å²) in [4.78, 5) is 20.7. The smallest absolute Gasteiger partial charge is 0.323 e. The van der Waals surface area contributed by atoms with E-state index < -0.39 is 0 Å². The molecule has 122 valence electrons. The molecule has 0 unspecified atom stereocenters. The normalized spacial score (nSPS) is 14.8. The minimum atomic E-state index is -0.113. The number of anilines is 2. The predicted octanol–water partition coefficient (Wildman–Crippen LogP) is 2.31. The summed E-state index contributed by atoms with van der Waals surface area (Å²) >= 11 is 0. The van der Waals surface area contributed by atoms with Crippen molar-refractivity contribution in [3.05, 3.63) is 48.8 Å². The predicted molar refractivity (Wildman–Crippen MR) is 93.1 cm³/mol. The molecule has 1 fully saturated rings. The molecule has 0 atom stereocenters. The van der Waals surface area contributed by atoms with E-state index in [9.17, 15) is 4.79 Å². The topological polar surface area (TPSA) is 77.2 Å². The van der Waals surface area contributed by atoms with Gasteiger partial charge in [-0.15, -0.1) is 0 Å². The van der Waals surface area contributed by atoms with Gasteiger partial charge in [-0.3, -0.25) is 15.4 Å². The lowest BCUT2D eigenvalue weighted by molar-refractivity contribution is 0.208. The Morgan fingerprint density at radius 3 is 2.71 bits per heavy atom. The van der Waals surface area contributed by atoms with E-state index in [1.165, 1.54) is 0 Å². The molecule has 2 N–H and O–H groups in total. The Hall–Kier alpha value is -3.09. The maximum Gasteiger partial charge on any atom is 0.323 e. The molecule has 3 aromatic rings. The Kier molecular flexibility index (Phi) is 3.74. The van der Waals surface area contributed by atoms with Gasteiger partial charge in [-0.2, -0.15) is 5.10 Å². The molecule has 0 aliphatic carbocycles. The van der Waals surface area contributed by atoms with E-state index in [1.54, 1.807) is 6.20 Å². The summed E-state index contributed by atoms with van der Waals surface area (Å²) < 4.78 is 0. The van der Waals surface area contributed by atoms with Crippen molar-refractivity contribution in [2.75, 3.05) is 36.4 Å². The van der Waals surface area contributed by atoms with Crippen molar-refractivity contribution in [2.24, 2.45) is 0 Å². The van der Waals surface area contributed by atoms with Gasteiger partial charge in [-0.1, -0.05) is 12.1 Å². The molecular formula is C17H18N6O. The largest absolute Gasteiger partial charge is 0.367 e. The Balaban J connectivity index is 1.40. The zero-order chi connectivity index (χ0) is 16.4. The van der Waals surface area contributed by atoms with Gasteiger partial charge in [-0.25, -0.2) is 4.79 Å². The number of nitrogens with zero attached hydrogens (tertiary/aromatic N) is 4. The molecular weight excluding hydrogens is 304 g/mol. The lowest BCUT2D eigenvalue weighted by Gasteiger charge is -2.35. The lowest BCUT2D eigenvalue weighted by Crippen LogP contribution is -2.50. The summed E-state index contributed by atoms with van der Waals surface area (Å²) in [6, 6.07) is 11.6. The number of carbonyl (C=O) groups is 1. The number of hydrogen-bond acceptors (Lipinski definition) is 4. The quantitative estimate of drug-likeness (QED) is 0.759. The number of piperazine rings is 1. The zero-order valence-corrected chi connectivity index (χ0v) is 13.1. The number of urea groups is 1. The molecule has 0 spiro atoms. The van der Waals surface area contributed by atoms with Crippen molar-refractivity contribution in [3.63, 3.8) is 0 Å². The summed E-state index contributed by atoms with van der Waals surface area (Å²) in [7, 11) is 0. The molecule has 4 rings (SSSR count). The number of nitrogens with one attached hydrogen (secondary N) is 2. The fraction of sp³-hybridized carbons (Fsp3) is 0.235. The molecule has 1 aromatic carbocycles. The molecule has 1 aliphatic rings. The second-order valence-electron chi connectivity index (χ2n) is 5.73. The third-order valence-corrected chi connectivity index (χ3v) is 4.27. The fourth-order valence-electron chi connectivity index (χ4n) is 2.95. The van der Waals surface area contributed by atoms with Crippen molar-refractivity contribution in [1.82, 2.24) is 20.1 Å². The summed E-state index contributed by atoms with van der Waals surface area (Å²) in [6.07, 6.45) is 3.62. The Morgan fingerprint density at radius 1 is 1.08 bits per heavy atom. The van der Waals surface area contributed by atoms with Crippen molar-refractivity contribution in [2.45, 2.75) is 0 Å². The minimum Gasteiger partial charge on any atom is -0.367 e. The number of H-pyrrole nitrogens is 1. The van der Waals surface area contributed by atoms with Crippen LogP contribution in [-0.4, -0.2) is 52.3 Å². The number of fused-ring (bicyclic) bond motifs is 1. The molecule has 0 radical (unpaired) electrons. The van der Waals surface area contributed by atoms with Crippen LogP contribution >= 0.6 is 0 Å². The average Bonchev–Trinajstić information content (AvgIpc) is 3.06. The highest BCUT2D eigenvalue weighted by atomic mass is 16.2. The van der Waals surface area contributed by atoms with Crippen LogP contribution in [0.15, 0.2) is 48.8 Å². The first-order chi connectivity index (χ1) is 11.8. The highest BCUT2D eigenvalue weighted by Gasteiger charge is 2.22. The molecule has 24 heavy (non-hydrogen) atoms. The number of hydrogen-bond donors (Lipinski definition) is 2. The molecule has 0 bridgehead atoms. The number of aromatic amines is 1. The lowest BCUT2D eigenvalue weighted by atomic mass is 10.2. The van der Waals surface area contributed by atoms with Crippen molar-refractivity contribution in [3.8, 4) is 0 Å². The second-order valence-corrected chi connectivity index (χ2v) is 5.73.